The van der Waals surface area contributed by atoms with Crippen molar-refractivity contribution in [2.24, 2.45) is 0 Å². The number of nitrogens with zero attached hydrogens (tertiary/aromatic N) is 3. The highest BCUT2D eigenvalue weighted by Gasteiger charge is 2.11. The van der Waals surface area contributed by atoms with Crippen LogP contribution in [0.5, 0.6) is 0 Å². The molecule has 22 heavy (non-hydrogen) atoms. The van der Waals surface area contributed by atoms with Crippen LogP contribution in [-0.2, 0) is 6.54 Å². The number of hydrogen-bond donors (Lipinski definition) is 1. The summed E-state index contributed by atoms with van der Waals surface area (Å²) in [5.74, 6) is 0.267. The molecule has 0 bridgehead atoms. The van der Waals surface area contributed by atoms with Crippen LogP contribution < -0.4 is 5.32 Å². The summed E-state index contributed by atoms with van der Waals surface area (Å²) >= 11 is 3.30. The number of carbonyl (C=O) groups excluding carboxylic acids is 1. The molecule has 0 saturated carbocycles. The van der Waals surface area contributed by atoms with Crippen LogP contribution in [0, 0.1) is 0 Å². The van der Waals surface area contributed by atoms with Crippen molar-refractivity contribution < 1.29 is 4.79 Å². The molecular formula is C16H13BrN4O. The first kappa shape index (κ1) is 14.5. The lowest BCUT2D eigenvalue weighted by Crippen LogP contribution is -2.16. The third kappa shape index (κ3) is 3.40. The summed E-state index contributed by atoms with van der Waals surface area (Å²) in [5, 5.41) is 2.81. The highest BCUT2D eigenvalue weighted by Crippen LogP contribution is 2.13. The number of imidazole rings is 1. The number of amides is 1. The molecule has 0 radical (unpaired) electrons. The van der Waals surface area contributed by atoms with Gasteiger partial charge in [0.1, 0.15) is 0 Å². The molecule has 0 unspecified atom stereocenters. The van der Waals surface area contributed by atoms with Crippen LogP contribution in [0.3, 0.4) is 0 Å². The van der Waals surface area contributed by atoms with Crippen LogP contribution in [-0.4, -0.2) is 20.4 Å². The molecule has 5 nitrogen and oxygen atoms in total. The fourth-order valence-corrected chi connectivity index (χ4v) is 2.42. The first-order valence-corrected chi connectivity index (χ1v) is 7.48. The Balaban J connectivity index is 1.76. The van der Waals surface area contributed by atoms with Crippen molar-refractivity contribution in [1.82, 2.24) is 14.5 Å². The van der Waals surface area contributed by atoms with Crippen LogP contribution in [0.25, 0.3) is 0 Å². The van der Waals surface area contributed by atoms with E-state index in [1.165, 1.54) is 6.20 Å². The molecular weight excluding hydrogens is 344 g/mol. The Morgan fingerprint density at radius 2 is 2.05 bits per heavy atom. The summed E-state index contributed by atoms with van der Waals surface area (Å²) < 4.78 is 2.64. The smallest absolute Gasteiger partial charge is 0.259 e. The summed E-state index contributed by atoms with van der Waals surface area (Å²) in [6, 6.07) is 11.7. The maximum atomic E-state index is 12.2. The Labute approximate surface area is 136 Å². The van der Waals surface area contributed by atoms with Gasteiger partial charge in [-0.15, -0.1) is 0 Å². The molecule has 110 valence electrons. The van der Waals surface area contributed by atoms with E-state index in [1.807, 2.05) is 41.1 Å². The van der Waals surface area contributed by atoms with E-state index >= 15 is 0 Å². The molecule has 2 aromatic heterocycles. The molecule has 0 atom stereocenters. The molecule has 6 heteroatoms. The second-order valence-corrected chi connectivity index (χ2v) is 5.63. The van der Waals surface area contributed by atoms with Gasteiger partial charge >= 0.3 is 0 Å². The fraction of sp³-hybridized carbons (Fsp3) is 0.0625. The monoisotopic (exact) mass is 356 g/mol. The van der Waals surface area contributed by atoms with E-state index in [-0.39, 0.29) is 5.91 Å². The van der Waals surface area contributed by atoms with Crippen molar-refractivity contribution in [3.8, 4) is 0 Å². The minimum Gasteiger partial charge on any atom is -0.313 e. The van der Waals surface area contributed by atoms with Crippen LogP contribution >= 0.6 is 15.9 Å². The lowest BCUT2D eigenvalue weighted by atomic mass is 10.2. The lowest BCUT2D eigenvalue weighted by molar-refractivity contribution is 0.102. The minimum absolute atomic E-state index is 0.241. The number of anilines is 1. The number of carbonyl (C=O) groups is 1. The average molecular weight is 357 g/mol. The summed E-state index contributed by atoms with van der Waals surface area (Å²) in [4.78, 5) is 20.4. The van der Waals surface area contributed by atoms with Gasteiger partial charge in [0, 0.05) is 29.3 Å². The topological polar surface area (TPSA) is 59.8 Å². The minimum atomic E-state index is -0.241. The standard InChI is InChI=1S/C16H13BrN4O/c17-14-8-13(9-18-10-14)15(22)20-16-19-6-7-21(16)11-12-4-2-1-3-5-12/h1-10H,11H2,(H,19,20,22). The first-order valence-electron chi connectivity index (χ1n) is 6.69. The molecule has 1 aromatic carbocycles. The summed E-state index contributed by atoms with van der Waals surface area (Å²) in [6.45, 7) is 0.646. The summed E-state index contributed by atoms with van der Waals surface area (Å²) in [5.41, 5.74) is 1.61. The van der Waals surface area contributed by atoms with Gasteiger partial charge in [-0.1, -0.05) is 30.3 Å². The van der Waals surface area contributed by atoms with E-state index in [9.17, 15) is 4.79 Å². The molecule has 0 spiro atoms. The Bertz CT molecular complexity index is 786. The van der Waals surface area contributed by atoms with Crippen molar-refractivity contribution in [2.45, 2.75) is 6.54 Å². The Kier molecular flexibility index (Phi) is 4.29. The van der Waals surface area contributed by atoms with Crippen molar-refractivity contribution in [3.63, 3.8) is 0 Å². The van der Waals surface area contributed by atoms with E-state index in [4.69, 9.17) is 0 Å². The second kappa shape index (κ2) is 6.53. The number of nitrogens with one attached hydrogen (secondary N) is 1. The van der Waals surface area contributed by atoms with Crippen LogP contribution in [0.2, 0.25) is 0 Å². The zero-order valence-electron chi connectivity index (χ0n) is 11.6. The van der Waals surface area contributed by atoms with E-state index < -0.39 is 0 Å². The third-order valence-corrected chi connectivity index (χ3v) is 3.54. The van der Waals surface area contributed by atoms with Crippen molar-refractivity contribution in [3.05, 3.63) is 76.8 Å². The Hall–Kier alpha value is -2.47. The number of benzene rings is 1. The van der Waals surface area contributed by atoms with Crippen LogP contribution in [0.15, 0.2) is 65.7 Å². The van der Waals surface area contributed by atoms with E-state index in [0.29, 0.717) is 18.1 Å². The predicted octanol–water partition coefficient (Wildman–Crippen LogP) is 3.34. The highest BCUT2D eigenvalue weighted by molar-refractivity contribution is 9.10. The lowest BCUT2D eigenvalue weighted by Gasteiger charge is -2.09. The molecule has 0 aliphatic heterocycles. The maximum absolute atomic E-state index is 12.2. The van der Waals surface area contributed by atoms with Gasteiger partial charge in [0.25, 0.3) is 5.91 Å². The van der Waals surface area contributed by atoms with Gasteiger partial charge < -0.3 is 4.57 Å². The maximum Gasteiger partial charge on any atom is 0.259 e. The van der Waals surface area contributed by atoms with Gasteiger partial charge in [-0.3, -0.25) is 15.1 Å². The van der Waals surface area contributed by atoms with Gasteiger partial charge in [-0.2, -0.15) is 0 Å². The normalized spacial score (nSPS) is 10.4. The van der Waals surface area contributed by atoms with Crippen molar-refractivity contribution in [2.75, 3.05) is 5.32 Å². The first-order chi connectivity index (χ1) is 10.7. The molecule has 0 fully saturated rings. The fourth-order valence-electron chi connectivity index (χ4n) is 2.05. The molecule has 1 amide bonds. The predicted molar refractivity (Wildman–Crippen MR) is 87.7 cm³/mol. The van der Waals surface area contributed by atoms with E-state index in [2.05, 4.69) is 31.2 Å². The van der Waals surface area contributed by atoms with E-state index in [1.54, 1.807) is 18.5 Å². The van der Waals surface area contributed by atoms with Crippen molar-refractivity contribution >= 4 is 27.8 Å². The van der Waals surface area contributed by atoms with Gasteiger partial charge in [0.2, 0.25) is 5.95 Å². The Morgan fingerprint density at radius 3 is 2.82 bits per heavy atom. The quantitative estimate of drug-likeness (QED) is 0.779. The molecule has 2 heterocycles. The second-order valence-electron chi connectivity index (χ2n) is 4.71. The molecule has 0 saturated heterocycles. The molecule has 0 aliphatic rings. The third-order valence-electron chi connectivity index (χ3n) is 3.10. The zero-order valence-corrected chi connectivity index (χ0v) is 13.2. The van der Waals surface area contributed by atoms with Gasteiger partial charge in [0.15, 0.2) is 0 Å². The number of hydrogen-bond acceptors (Lipinski definition) is 3. The number of aromatic nitrogens is 3. The van der Waals surface area contributed by atoms with Crippen LogP contribution in [0.4, 0.5) is 5.95 Å². The van der Waals surface area contributed by atoms with Gasteiger partial charge in [-0.05, 0) is 27.6 Å². The molecule has 3 aromatic rings. The Morgan fingerprint density at radius 1 is 1.23 bits per heavy atom. The zero-order chi connectivity index (χ0) is 15.4. The van der Waals surface area contributed by atoms with E-state index in [0.717, 1.165) is 10.0 Å². The highest BCUT2D eigenvalue weighted by atomic mass is 79.9. The SMILES string of the molecule is O=C(Nc1nccn1Cc1ccccc1)c1cncc(Br)c1. The molecule has 3 rings (SSSR count). The van der Waals surface area contributed by atoms with Gasteiger partial charge in [0.05, 0.1) is 12.1 Å². The number of halogens is 1. The summed E-state index contributed by atoms with van der Waals surface area (Å²) in [6.07, 6.45) is 6.65. The average Bonchev–Trinajstić information content (AvgIpc) is 2.95. The number of rotatable bonds is 4. The van der Waals surface area contributed by atoms with Crippen LogP contribution in [0.1, 0.15) is 15.9 Å². The largest absolute Gasteiger partial charge is 0.313 e. The molecule has 0 aliphatic carbocycles. The molecule has 1 N–H and O–H groups in total. The number of pyridine rings is 1. The van der Waals surface area contributed by atoms with Gasteiger partial charge in [-0.25, -0.2) is 4.98 Å². The summed E-state index contributed by atoms with van der Waals surface area (Å²) in [7, 11) is 0. The van der Waals surface area contributed by atoms with Crippen molar-refractivity contribution in [1.29, 1.82) is 0 Å².